The molecule has 2 aromatic heterocycles. The molecule has 0 saturated carbocycles. The van der Waals surface area contributed by atoms with E-state index in [2.05, 4.69) is 205 Å². The molecule has 11 rings (SSSR count). The van der Waals surface area contributed by atoms with Crippen LogP contribution in [0.25, 0.3) is 84.5 Å². The molecule has 0 fully saturated rings. The zero-order valence-electron chi connectivity index (χ0n) is 29.8. The number of nitrogens with zero attached hydrogens (tertiary/aromatic N) is 1. The summed E-state index contributed by atoms with van der Waals surface area (Å²) in [5.41, 5.74) is 10.9. The summed E-state index contributed by atoms with van der Waals surface area (Å²) >= 11 is 3.77. The lowest BCUT2D eigenvalue weighted by Crippen LogP contribution is -2.10. The maximum absolute atomic E-state index is 2.47. The zero-order chi connectivity index (χ0) is 36.3. The molecule has 3 heteroatoms. The maximum Gasteiger partial charge on any atom is 0.0640 e. The third-order valence-electron chi connectivity index (χ3n) is 10.9. The number of benzene rings is 9. The molecule has 0 amide bonds. The van der Waals surface area contributed by atoms with Crippen LogP contribution in [0.5, 0.6) is 0 Å². The molecule has 9 aromatic carbocycles. The number of rotatable bonds is 6. The Labute approximate surface area is 327 Å². The number of fused-ring (bicyclic) bond motifs is 7. The van der Waals surface area contributed by atoms with Crippen LogP contribution in [-0.4, -0.2) is 0 Å². The van der Waals surface area contributed by atoms with E-state index >= 15 is 0 Å². The molecule has 0 aliphatic carbocycles. The summed E-state index contributed by atoms with van der Waals surface area (Å²) in [6, 6.07) is 73.4. The van der Waals surface area contributed by atoms with Gasteiger partial charge in [-0.1, -0.05) is 152 Å². The van der Waals surface area contributed by atoms with Gasteiger partial charge in [-0.25, -0.2) is 0 Å². The van der Waals surface area contributed by atoms with Crippen LogP contribution in [0.3, 0.4) is 0 Å². The van der Waals surface area contributed by atoms with E-state index in [1.54, 1.807) is 0 Å². The monoisotopic (exact) mass is 735 g/mol. The van der Waals surface area contributed by atoms with E-state index in [0.717, 1.165) is 11.4 Å². The fraction of sp³-hybridized carbons (Fsp3) is 0. The van der Waals surface area contributed by atoms with Crippen LogP contribution in [0, 0.1) is 0 Å². The maximum atomic E-state index is 2.47. The molecule has 0 spiro atoms. The highest BCUT2D eigenvalue weighted by atomic mass is 32.1. The van der Waals surface area contributed by atoms with Gasteiger partial charge in [0.05, 0.1) is 10.4 Å². The highest BCUT2D eigenvalue weighted by Gasteiger charge is 2.22. The van der Waals surface area contributed by atoms with Gasteiger partial charge in [0.25, 0.3) is 0 Å². The van der Waals surface area contributed by atoms with Crippen LogP contribution < -0.4 is 4.90 Å². The molecule has 11 aromatic rings. The molecule has 0 aliphatic rings. The van der Waals surface area contributed by atoms with Crippen LogP contribution in [0.1, 0.15) is 0 Å². The van der Waals surface area contributed by atoms with Crippen LogP contribution in [0.2, 0.25) is 0 Å². The van der Waals surface area contributed by atoms with Crippen molar-refractivity contribution in [1.29, 1.82) is 0 Å². The minimum atomic E-state index is 1.12. The molecule has 1 nitrogen and oxygen atoms in total. The molecule has 0 radical (unpaired) electrons. The van der Waals surface area contributed by atoms with Crippen molar-refractivity contribution in [3.63, 3.8) is 0 Å². The Balaban J connectivity index is 1.15. The molecule has 0 N–H and O–H groups in total. The molecule has 258 valence electrons. The topological polar surface area (TPSA) is 3.24 Å². The summed E-state index contributed by atoms with van der Waals surface area (Å²) in [5, 5.41) is 7.68. The third kappa shape index (κ3) is 5.43. The molecule has 0 saturated heterocycles. The van der Waals surface area contributed by atoms with Gasteiger partial charge in [0.2, 0.25) is 0 Å². The Bertz CT molecular complexity index is 3190. The van der Waals surface area contributed by atoms with Crippen molar-refractivity contribution in [3.05, 3.63) is 200 Å². The molecule has 2 heterocycles. The highest BCUT2D eigenvalue weighted by molar-refractivity contribution is 7.27. The number of anilines is 3. The van der Waals surface area contributed by atoms with Crippen LogP contribution in [0.4, 0.5) is 17.1 Å². The molecule has 0 aliphatic heterocycles. The van der Waals surface area contributed by atoms with Gasteiger partial charge in [-0.2, -0.15) is 0 Å². The molecule has 0 unspecified atom stereocenters. The summed E-state index contributed by atoms with van der Waals surface area (Å²) in [4.78, 5) is 2.47. The summed E-state index contributed by atoms with van der Waals surface area (Å²) in [5.74, 6) is 0. The fourth-order valence-electron chi connectivity index (χ4n) is 8.22. The van der Waals surface area contributed by atoms with E-state index in [1.807, 2.05) is 22.7 Å². The van der Waals surface area contributed by atoms with Gasteiger partial charge < -0.3 is 4.90 Å². The van der Waals surface area contributed by atoms with Crippen LogP contribution >= 0.6 is 22.7 Å². The number of thiophene rings is 2. The zero-order valence-corrected chi connectivity index (χ0v) is 31.4. The van der Waals surface area contributed by atoms with E-state index in [4.69, 9.17) is 0 Å². The first-order valence-electron chi connectivity index (χ1n) is 18.7. The van der Waals surface area contributed by atoms with Crippen molar-refractivity contribution < 1.29 is 0 Å². The quantitative estimate of drug-likeness (QED) is 0.164. The smallest absolute Gasteiger partial charge is 0.0640 e. The summed E-state index contributed by atoms with van der Waals surface area (Å²) in [7, 11) is 0. The number of hydrogen-bond acceptors (Lipinski definition) is 3. The summed E-state index contributed by atoms with van der Waals surface area (Å²) in [6.45, 7) is 0. The van der Waals surface area contributed by atoms with Gasteiger partial charge in [-0.15, -0.1) is 22.7 Å². The summed E-state index contributed by atoms with van der Waals surface area (Å²) < 4.78 is 5.19. The Kier molecular flexibility index (Phi) is 7.61. The minimum absolute atomic E-state index is 1.12. The first-order valence-corrected chi connectivity index (χ1v) is 20.3. The predicted octanol–water partition coefficient (Wildman–Crippen LogP) is 16.0. The van der Waals surface area contributed by atoms with E-state index in [0.29, 0.717) is 0 Å². The number of hydrogen-bond donors (Lipinski definition) is 0. The van der Waals surface area contributed by atoms with Crippen molar-refractivity contribution >= 4 is 90.9 Å². The van der Waals surface area contributed by atoms with Gasteiger partial charge >= 0.3 is 0 Å². The second-order valence-corrected chi connectivity index (χ2v) is 16.2. The Morgan fingerprint density at radius 3 is 1.78 bits per heavy atom. The van der Waals surface area contributed by atoms with E-state index in [9.17, 15) is 0 Å². The lowest BCUT2D eigenvalue weighted by molar-refractivity contribution is 1.31. The third-order valence-corrected chi connectivity index (χ3v) is 13.3. The Morgan fingerprint density at radius 2 is 0.964 bits per heavy atom. The van der Waals surface area contributed by atoms with Crippen LogP contribution in [-0.2, 0) is 0 Å². The van der Waals surface area contributed by atoms with E-state index < -0.39 is 0 Å². The van der Waals surface area contributed by atoms with Crippen molar-refractivity contribution in [3.8, 4) is 33.4 Å². The lowest BCUT2D eigenvalue weighted by Gasteiger charge is -2.26. The van der Waals surface area contributed by atoms with Gasteiger partial charge in [0.15, 0.2) is 0 Å². The molecule has 0 atom stereocenters. The average molecular weight is 736 g/mol. The van der Waals surface area contributed by atoms with Gasteiger partial charge in [-0.05, 0) is 92.7 Å². The average Bonchev–Trinajstić information content (AvgIpc) is 3.84. The standard InChI is InChI=1S/C52H33NS2/c1-3-13-36(14-4-1)42-29-30-43(37-15-5-2-6-16-37)52-50(42)45-19-11-20-47(51(45)55-52)53(41-28-31-49-46(33-41)44-18-9-10-21-48(44)54-49)40-26-24-35(25-27-40)39-23-22-34-12-7-8-17-38(34)32-39/h1-33H. The largest absolute Gasteiger partial charge is 0.309 e. The van der Waals surface area contributed by atoms with Gasteiger partial charge in [0.1, 0.15) is 0 Å². The fourth-order valence-corrected chi connectivity index (χ4v) is 10.7. The normalized spacial score (nSPS) is 11.6. The molecule has 0 bridgehead atoms. The Morgan fingerprint density at radius 1 is 0.327 bits per heavy atom. The molecular formula is C52H33NS2. The first-order chi connectivity index (χ1) is 27.3. The molecular weight excluding hydrogens is 703 g/mol. The van der Waals surface area contributed by atoms with Crippen LogP contribution in [0.15, 0.2) is 200 Å². The highest BCUT2D eigenvalue weighted by Crippen LogP contribution is 2.50. The minimum Gasteiger partial charge on any atom is -0.309 e. The van der Waals surface area contributed by atoms with Crippen molar-refractivity contribution in [1.82, 2.24) is 0 Å². The first kappa shape index (κ1) is 32.0. The SMILES string of the molecule is c1ccc(-c2ccc(-c3ccccc3)c3c2sc2c(N(c4ccc(-c5ccc6ccccc6c5)cc4)c4ccc5sc6ccccc6c5c4)cccc23)cc1. The predicted molar refractivity (Wildman–Crippen MR) is 241 cm³/mol. The van der Waals surface area contributed by atoms with Gasteiger partial charge in [-0.3, -0.25) is 0 Å². The second-order valence-electron chi connectivity index (χ2n) is 14.1. The Hall–Kier alpha value is -6.52. The van der Waals surface area contributed by atoms with E-state index in [-0.39, 0.29) is 0 Å². The van der Waals surface area contributed by atoms with Crippen molar-refractivity contribution in [2.24, 2.45) is 0 Å². The van der Waals surface area contributed by atoms with Crippen molar-refractivity contribution in [2.75, 3.05) is 4.90 Å². The second kappa shape index (κ2) is 13.1. The molecule has 55 heavy (non-hydrogen) atoms. The summed E-state index contributed by atoms with van der Waals surface area (Å²) in [6.07, 6.45) is 0. The van der Waals surface area contributed by atoms with E-state index in [1.165, 1.54) is 90.2 Å². The lowest BCUT2D eigenvalue weighted by atomic mass is 9.95. The van der Waals surface area contributed by atoms with Gasteiger partial charge in [0, 0.05) is 47.0 Å². The van der Waals surface area contributed by atoms with Crippen molar-refractivity contribution in [2.45, 2.75) is 0 Å².